The fourth-order valence-corrected chi connectivity index (χ4v) is 2.27. The molecule has 0 amide bonds. The zero-order valence-electron chi connectivity index (χ0n) is 12.1. The molecular formula is C13H18FNO5S. The Morgan fingerprint density at radius 3 is 2.48 bits per heavy atom. The lowest BCUT2D eigenvalue weighted by Crippen LogP contribution is -2.17. The van der Waals surface area contributed by atoms with Crippen LogP contribution in [-0.2, 0) is 19.5 Å². The number of hydrogen-bond donors (Lipinski definition) is 1. The van der Waals surface area contributed by atoms with Crippen molar-refractivity contribution >= 4 is 16.0 Å². The van der Waals surface area contributed by atoms with E-state index in [9.17, 15) is 17.6 Å². The number of halogens is 1. The number of rotatable bonds is 6. The highest BCUT2D eigenvalue weighted by Gasteiger charge is 2.20. The highest BCUT2D eigenvalue weighted by molar-refractivity contribution is 7.89. The van der Waals surface area contributed by atoms with Crippen LogP contribution in [0.15, 0.2) is 17.0 Å². The van der Waals surface area contributed by atoms with Crippen LogP contribution in [0.4, 0.5) is 4.39 Å². The average Bonchev–Trinajstić information content (AvgIpc) is 2.35. The van der Waals surface area contributed by atoms with Crippen LogP contribution in [0, 0.1) is 12.7 Å². The van der Waals surface area contributed by atoms with Gasteiger partial charge in [-0.05, 0) is 38.5 Å². The largest absolute Gasteiger partial charge is 0.460 e. The molecule has 0 bridgehead atoms. The molecule has 21 heavy (non-hydrogen) atoms. The van der Waals surface area contributed by atoms with Gasteiger partial charge in [-0.25, -0.2) is 22.7 Å². The van der Waals surface area contributed by atoms with Gasteiger partial charge in [0.1, 0.15) is 17.3 Å². The van der Waals surface area contributed by atoms with Crippen molar-refractivity contribution in [2.75, 3.05) is 13.2 Å². The second-order valence-electron chi connectivity index (χ2n) is 4.71. The summed E-state index contributed by atoms with van der Waals surface area (Å²) in [5, 5.41) is 4.91. The maximum absolute atomic E-state index is 13.7. The Balaban J connectivity index is 2.89. The summed E-state index contributed by atoms with van der Waals surface area (Å²) in [5.74, 6) is -1.74. The maximum atomic E-state index is 13.7. The van der Waals surface area contributed by atoms with Crippen molar-refractivity contribution in [3.8, 4) is 0 Å². The predicted octanol–water partition coefficient (Wildman–Crippen LogP) is 1.36. The van der Waals surface area contributed by atoms with Gasteiger partial charge in [-0.2, -0.15) is 0 Å². The predicted molar refractivity (Wildman–Crippen MR) is 73.9 cm³/mol. The van der Waals surface area contributed by atoms with Gasteiger partial charge in [-0.3, -0.25) is 0 Å². The van der Waals surface area contributed by atoms with Crippen LogP contribution in [0.1, 0.15) is 29.8 Å². The van der Waals surface area contributed by atoms with Crippen molar-refractivity contribution in [3.05, 3.63) is 29.1 Å². The van der Waals surface area contributed by atoms with Crippen LogP contribution in [-0.4, -0.2) is 33.7 Å². The average molecular weight is 319 g/mol. The second kappa shape index (κ2) is 6.97. The van der Waals surface area contributed by atoms with Crippen LogP contribution in [0.3, 0.4) is 0 Å². The number of carbonyl (C=O) groups is 1. The Hall–Kier alpha value is -1.51. The van der Waals surface area contributed by atoms with E-state index in [1.165, 1.54) is 13.0 Å². The van der Waals surface area contributed by atoms with Crippen LogP contribution in [0.5, 0.6) is 0 Å². The van der Waals surface area contributed by atoms with E-state index in [0.717, 1.165) is 6.07 Å². The highest BCUT2D eigenvalue weighted by atomic mass is 32.2. The summed E-state index contributed by atoms with van der Waals surface area (Å²) in [4.78, 5) is 11.1. The van der Waals surface area contributed by atoms with Gasteiger partial charge < -0.3 is 9.47 Å². The minimum absolute atomic E-state index is 0.00533. The summed E-state index contributed by atoms with van der Waals surface area (Å²) in [7, 11) is -4.26. The van der Waals surface area contributed by atoms with Gasteiger partial charge >= 0.3 is 5.97 Å². The van der Waals surface area contributed by atoms with Crippen LogP contribution in [0.2, 0.25) is 0 Å². The smallest absolute Gasteiger partial charge is 0.338 e. The Bertz CT molecular complexity index is 628. The van der Waals surface area contributed by atoms with E-state index in [2.05, 4.69) is 0 Å². The monoisotopic (exact) mass is 319 g/mol. The van der Waals surface area contributed by atoms with Crippen LogP contribution < -0.4 is 5.14 Å². The van der Waals surface area contributed by atoms with Gasteiger partial charge in [-0.1, -0.05) is 0 Å². The molecular weight excluding hydrogens is 301 g/mol. The molecule has 0 unspecified atom stereocenters. The first-order chi connectivity index (χ1) is 9.62. The molecule has 1 rings (SSSR count). The number of aryl methyl sites for hydroxylation is 1. The summed E-state index contributed by atoms with van der Waals surface area (Å²) in [6.45, 7) is 5.24. The molecule has 2 N–H and O–H groups in total. The van der Waals surface area contributed by atoms with E-state index in [-0.39, 0.29) is 30.4 Å². The molecule has 0 aliphatic rings. The molecule has 0 saturated carbocycles. The minimum atomic E-state index is -4.26. The molecule has 0 fully saturated rings. The van der Waals surface area contributed by atoms with Crippen LogP contribution in [0.25, 0.3) is 0 Å². The SMILES string of the molecule is Cc1cc(C(=O)OCCOC(C)C)cc(S(N)(=O)=O)c1F. The van der Waals surface area contributed by atoms with Crippen molar-refractivity contribution in [1.82, 2.24) is 0 Å². The molecule has 6 nitrogen and oxygen atoms in total. The molecule has 1 aromatic rings. The van der Waals surface area contributed by atoms with E-state index in [0.29, 0.717) is 0 Å². The summed E-state index contributed by atoms with van der Waals surface area (Å²) >= 11 is 0. The summed E-state index contributed by atoms with van der Waals surface area (Å²) in [5.41, 5.74) is -0.0885. The molecule has 8 heteroatoms. The standard InChI is InChI=1S/C13H18FNO5S/c1-8(2)19-4-5-20-13(16)10-6-9(3)12(14)11(7-10)21(15,17)18/h6-8H,4-5H2,1-3H3,(H2,15,17,18). The number of benzene rings is 1. The normalized spacial score (nSPS) is 11.7. The fourth-order valence-electron chi connectivity index (χ4n) is 1.56. The molecule has 0 heterocycles. The van der Waals surface area contributed by atoms with Gasteiger partial charge in [0.05, 0.1) is 18.3 Å². The second-order valence-corrected chi connectivity index (χ2v) is 6.24. The number of sulfonamides is 1. The molecule has 0 spiro atoms. The number of ether oxygens (including phenoxy) is 2. The minimum Gasteiger partial charge on any atom is -0.460 e. The van der Waals surface area contributed by atoms with Crippen molar-refractivity contribution in [2.24, 2.45) is 5.14 Å². The van der Waals surface area contributed by atoms with Gasteiger partial charge in [0, 0.05) is 0 Å². The number of primary sulfonamides is 1. The van der Waals surface area contributed by atoms with Gasteiger partial charge in [0.15, 0.2) is 0 Å². The molecule has 118 valence electrons. The molecule has 0 atom stereocenters. The van der Waals surface area contributed by atoms with Gasteiger partial charge in [0.2, 0.25) is 10.0 Å². The molecule has 0 aliphatic heterocycles. The quantitative estimate of drug-likeness (QED) is 0.631. The Morgan fingerprint density at radius 1 is 1.33 bits per heavy atom. The summed E-state index contributed by atoms with van der Waals surface area (Å²) in [6.07, 6.45) is 0.00533. The zero-order valence-corrected chi connectivity index (χ0v) is 12.9. The van der Waals surface area contributed by atoms with Gasteiger partial charge in [0.25, 0.3) is 0 Å². The number of esters is 1. The lowest BCUT2D eigenvalue weighted by Gasteiger charge is -2.10. The molecule has 0 radical (unpaired) electrons. The lowest BCUT2D eigenvalue weighted by molar-refractivity contribution is 0.0176. The summed E-state index contributed by atoms with van der Waals surface area (Å²) < 4.78 is 46.4. The number of hydrogen-bond acceptors (Lipinski definition) is 5. The van der Waals surface area contributed by atoms with Crippen molar-refractivity contribution in [1.29, 1.82) is 0 Å². The van der Waals surface area contributed by atoms with Gasteiger partial charge in [-0.15, -0.1) is 0 Å². The van der Waals surface area contributed by atoms with E-state index in [1.807, 2.05) is 13.8 Å². The van der Waals surface area contributed by atoms with E-state index in [4.69, 9.17) is 14.6 Å². The fraction of sp³-hybridized carbons (Fsp3) is 0.462. The molecule has 0 aliphatic carbocycles. The van der Waals surface area contributed by atoms with E-state index in [1.54, 1.807) is 0 Å². The third kappa shape index (κ3) is 5.07. The Labute approximate surface area is 123 Å². The van der Waals surface area contributed by atoms with Crippen molar-refractivity contribution in [3.63, 3.8) is 0 Å². The van der Waals surface area contributed by atoms with E-state index < -0.39 is 26.7 Å². The molecule has 0 saturated heterocycles. The third-order valence-electron chi connectivity index (χ3n) is 2.53. The molecule has 0 aromatic heterocycles. The number of carbonyl (C=O) groups excluding carboxylic acids is 1. The first-order valence-corrected chi connectivity index (χ1v) is 7.79. The number of nitrogens with two attached hydrogens (primary N) is 1. The first kappa shape index (κ1) is 17.5. The van der Waals surface area contributed by atoms with Crippen LogP contribution >= 0.6 is 0 Å². The third-order valence-corrected chi connectivity index (χ3v) is 3.44. The van der Waals surface area contributed by atoms with E-state index >= 15 is 0 Å². The molecule has 1 aromatic carbocycles. The highest BCUT2D eigenvalue weighted by Crippen LogP contribution is 2.19. The van der Waals surface area contributed by atoms with Crippen molar-refractivity contribution in [2.45, 2.75) is 31.8 Å². The Morgan fingerprint density at radius 2 is 1.95 bits per heavy atom. The zero-order chi connectivity index (χ0) is 16.2. The first-order valence-electron chi connectivity index (χ1n) is 6.24. The Kier molecular flexibility index (Phi) is 5.82. The maximum Gasteiger partial charge on any atom is 0.338 e. The lowest BCUT2D eigenvalue weighted by atomic mass is 10.1. The van der Waals surface area contributed by atoms with Crippen molar-refractivity contribution < 1.29 is 27.1 Å². The topological polar surface area (TPSA) is 95.7 Å². The summed E-state index contributed by atoms with van der Waals surface area (Å²) in [6, 6.07) is 2.07.